The van der Waals surface area contributed by atoms with Crippen LogP contribution < -0.4 is 0 Å². The second-order valence-corrected chi connectivity index (χ2v) is 6.23. The monoisotopic (exact) mass is 316 g/mol. The van der Waals surface area contributed by atoms with E-state index in [1.165, 1.54) is 5.69 Å². The standard InChI is InChI=1S/C15H20N6O2/c1-19-9-16-17-14(19)13-11-7-21(5-3-12(11)20(2)18-13)15(22)10-4-6-23-8-10/h9-10H,3-8H2,1-2H3. The zero-order valence-corrected chi connectivity index (χ0v) is 13.4. The molecule has 0 aromatic carbocycles. The van der Waals surface area contributed by atoms with Crippen LogP contribution in [0.15, 0.2) is 6.33 Å². The van der Waals surface area contributed by atoms with E-state index in [1.54, 1.807) is 6.33 Å². The zero-order valence-electron chi connectivity index (χ0n) is 13.4. The van der Waals surface area contributed by atoms with Crippen molar-refractivity contribution in [3.63, 3.8) is 0 Å². The first-order chi connectivity index (χ1) is 11.1. The predicted octanol–water partition coefficient (Wildman–Crippen LogP) is 0.137. The lowest BCUT2D eigenvalue weighted by Crippen LogP contribution is -2.40. The fraction of sp³-hybridized carbons (Fsp3) is 0.600. The van der Waals surface area contributed by atoms with Crippen LogP contribution >= 0.6 is 0 Å². The molecule has 0 saturated carbocycles. The summed E-state index contributed by atoms with van der Waals surface area (Å²) in [4.78, 5) is 14.6. The van der Waals surface area contributed by atoms with E-state index in [-0.39, 0.29) is 11.8 Å². The number of amides is 1. The smallest absolute Gasteiger partial charge is 0.228 e. The van der Waals surface area contributed by atoms with Crippen LogP contribution in [0.1, 0.15) is 17.7 Å². The fourth-order valence-electron chi connectivity index (χ4n) is 3.45. The number of nitrogens with zero attached hydrogens (tertiary/aromatic N) is 6. The molecule has 8 nitrogen and oxygen atoms in total. The fourth-order valence-corrected chi connectivity index (χ4v) is 3.45. The lowest BCUT2D eigenvalue weighted by molar-refractivity contribution is -0.136. The van der Waals surface area contributed by atoms with Crippen molar-refractivity contribution in [2.75, 3.05) is 19.8 Å². The van der Waals surface area contributed by atoms with E-state index in [4.69, 9.17) is 4.74 Å². The first-order valence-corrected chi connectivity index (χ1v) is 7.91. The largest absolute Gasteiger partial charge is 0.381 e. The maximum absolute atomic E-state index is 12.7. The Hall–Kier alpha value is -2.22. The summed E-state index contributed by atoms with van der Waals surface area (Å²) in [7, 11) is 3.85. The van der Waals surface area contributed by atoms with Gasteiger partial charge in [-0.2, -0.15) is 5.10 Å². The van der Waals surface area contributed by atoms with Gasteiger partial charge in [-0.3, -0.25) is 9.48 Å². The minimum Gasteiger partial charge on any atom is -0.381 e. The first kappa shape index (κ1) is 14.4. The van der Waals surface area contributed by atoms with Crippen LogP contribution in [0, 0.1) is 5.92 Å². The van der Waals surface area contributed by atoms with E-state index in [2.05, 4.69) is 15.3 Å². The molecule has 4 rings (SSSR count). The molecular formula is C15H20N6O2. The van der Waals surface area contributed by atoms with Gasteiger partial charge in [0, 0.05) is 51.5 Å². The molecule has 1 unspecified atom stereocenters. The molecular weight excluding hydrogens is 296 g/mol. The maximum atomic E-state index is 12.7. The van der Waals surface area contributed by atoms with Gasteiger partial charge in [0.1, 0.15) is 12.0 Å². The van der Waals surface area contributed by atoms with Crippen molar-refractivity contribution in [2.24, 2.45) is 20.0 Å². The lowest BCUT2D eigenvalue weighted by Gasteiger charge is -2.29. The van der Waals surface area contributed by atoms with Crippen molar-refractivity contribution in [2.45, 2.75) is 19.4 Å². The van der Waals surface area contributed by atoms with Crippen molar-refractivity contribution in [3.8, 4) is 11.5 Å². The van der Waals surface area contributed by atoms with Gasteiger partial charge in [0.15, 0.2) is 5.82 Å². The summed E-state index contributed by atoms with van der Waals surface area (Å²) in [6.45, 7) is 2.55. The van der Waals surface area contributed by atoms with Crippen molar-refractivity contribution < 1.29 is 9.53 Å². The molecule has 0 spiro atoms. The first-order valence-electron chi connectivity index (χ1n) is 7.91. The normalized spacial score (nSPS) is 20.8. The van der Waals surface area contributed by atoms with E-state index in [0.717, 1.165) is 36.5 Å². The second-order valence-electron chi connectivity index (χ2n) is 6.23. The summed E-state index contributed by atoms with van der Waals surface area (Å²) < 4.78 is 9.11. The van der Waals surface area contributed by atoms with Gasteiger partial charge >= 0.3 is 0 Å². The molecule has 23 heavy (non-hydrogen) atoms. The Morgan fingerprint density at radius 1 is 1.39 bits per heavy atom. The van der Waals surface area contributed by atoms with Crippen molar-refractivity contribution in [1.82, 2.24) is 29.4 Å². The maximum Gasteiger partial charge on any atom is 0.228 e. The van der Waals surface area contributed by atoms with Gasteiger partial charge in [-0.25, -0.2) is 0 Å². The summed E-state index contributed by atoms with van der Waals surface area (Å²) in [5.74, 6) is 0.938. The molecule has 1 fully saturated rings. The number of carbonyl (C=O) groups is 1. The third-order valence-corrected chi connectivity index (χ3v) is 4.76. The van der Waals surface area contributed by atoms with Crippen molar-refractivity contribution in [3.05, 3.63) is 17.6 Å². The summed E-state index contributed by atoms with van der Waals surface area (Å²) in [6.07, 6.45) is 3.30. The molecule has 1 atom stereocenters. The number of aryl methyl sites for hydroxylation is 2. The summed E-state index contributed by atoms with van der Waals surface area (Å²) >= 11 is 0. The van der Waals surface area contributed by atoms with Crippen LogP contribution in [0.3, 0.4) is 0 Å². The van der Waals surface area contributed by atoms with E-state index in [0.29, 0.717) is 19.8 Å². The molecule has 4 heterocycles. The molecule has 1 saturated heterocycles. The molecule has 0 bridgehead atoms. The van der Waals surface area contributed by atoms with Crippen molar-refractivity contribution in [1.29, 1.82) is 0 Å². The van der Waals surface area contributed by atoms with Gasteiger partial charge in [0.25, 0.3) is 0 Å². The molecule has 8 heteroatoms. The van der Waals surface area contributed by atoms with Gasteiger partial charge < -0.3 is 14.2 Å². The Labute approximate surface area is 134 Å². The molecule has 0 aliphatic carbocycles. The van der Waals surface area contributed by atoms with Gasteiger partial charge in [-0.05, 0) is 6.42 Å². The molecule has 2 aromatic rings. The highest BCUT2D eigenvalue weighted by Crippen LogP contribution is 2.29. The lowest BCUT2D eigenvalue weighted by atomic mass is 10.0. The third kappa shape index (κ3) is 2.33. The number of carbonyl (C=O) groups excluding carboxylic acids is 1. The number of hydrogen-bond donors (Lipinski definition) is 0. The molecule has 2 aromatic heterocycles. The Morgan fingerprint density at radius 2 is 2.26 bits per heavy atom. The van der Waals surface area contributed by atoms with Crippen LogP contribution in [0.5, 0.6) is 0 Å². The predicted molar refractivity (Wildman–Crippen MR) is 81.3 cm³/mol. The van der Waals surface area contributed by atoms with E-state index in [9.17, 15) is 4.79 Å². The van der Waals surface area contributed by atoms with E-state index in [1.807, 2.05) is 28.2 Å². The van der Waals surface area contributed by atoms with Crippen LogP contribution in [-0.2, 0) is 36.6 Å². The van der Waals surface area contributed by atoms with Crippen LogP contribution in [0.25, 0.3) is 11.5 Å². The topological polar surface area (TPSA) is 78.1 Å². The minimum atomic E-state index is 0.00602. The van der Waals surface area contributed by atoms with Crippen molar-refractivity contribution >= 4 is 5.91 Å². The second kappa shape index (κ2) is 5.45. The van der Waals surface area contributed by atoms with E-state index >= 15 is 0 Å². The zero-order chi connectivity index (χ0) is 16.0. The van der Waals surface area contributed by atoms with Gasteiger partial charge in [-0.15, -0.1) is 10.2 Å². The van der Waals surface area contributed by atoms with Gasteiger partial charge in [0.05, 0.1) is 12.5 Å². The van der Waals surface area contributed by atoms with Crippen LogP contribution in [0.4, 0.5) is 0 Å². The quantitative estimate of drug-likeness (QED) is 0.787. The molecule has 2 aliphatic rings. The molecule has 0 N–H and O–H groups in total. The molecule has 122 valence electrons. The third-order valence-electron chi connectivity index (χ3n) is 4.76. The highest BCUT2D eigenvalue weighted by molar-refractivity contribution is 5.80. The summed E-state index contributed by atoms with van der Waals surface area (Å²) in [6, 6.07) is 0. The summed E-state index contributed by atoms with van der Waals surface area (Å²) in [5, 5.41) is 12.7. The summed E-state index contributed by atoms with van der Waals surface area (Å²) in [5.41, 5.74) is 3.08. The average molecular weight is 316 g/mol. The van der Waals surface area contributed by atoms with Gasteiger partial charge in [-0.1, -0.05) is 0 Å². The van der Waals surface area contributed by atoms with Gasteiger partial charge in [0.2, 0.25) is 5.91 Å². The molecule has 1 amide bonds. The SMILES string of the molecule is Cn1cnnc1-c1nn(C)c2c1CN(C(=O)C1CCOC1)CC2. The Balaban J connectivity index is 1.66. The number of hydrogen-bond acceptors (Lipinski definition) is 5. The van der Waals surface area contributed by atoms with Crippen LogP contribution in [0.2, 0.25) is 0 Å². The Bertz CT molecular complexity index is 743. The number of fused-ring (bicyclic) bond motifs is 1. The Morgan fingerprint density at radius 3 is 2.96 bits per heavy atom. The molecule has 2 aliphatic heterocycles. The number of rotatable bonds is 2. The highest BCUT2D eigenvalue weighted by Gasteiger charge is 2.33. The highest BCUT2D eigenvalue weighted by atomic mass is 16.5. The molecule has 0 radical (unpaired) electrons. The number of ether oxygens (including phenoxy) is 1. The average Bonchev–Trinajstić information content (AvgIpc) is 3.27. The van der Waals surface area contributed by atoms with E-state index < -0.39 is 0 Å². The minimum absolute atomic E-state index is 0.00602. The van der Waals surface area contributed by atoms with Crippen LogP contribution in [-0.4, -0.2) is 55.1 Å². The number of aromatic nitrogens is 5. The Kier molecular flexibility index (Phi) is 3.41.